The van der Waals surface area contributed by atoms with Gasteiger partial charge >= 0.3 is 6.09 Å². The minimum atomic E-state index is -0.427. The van der Waals surface area contributed by atoms with E-state index < -0.39 is 5.60 Å². The molecule has 4 nitrogen and oxygen atoms in total. The molecule has 1 fully saturated rings. The highest BCUT2D eigenvalue weighted by atomic mass is 16.6. The van der Waals surface area contributed by atoms with Gasteiger partial charge in [-0.1, -0.05) is 20.3 Å². The molecule has 0 aliphatic carbocycles. The molecule has 0 spiro atoms. The molecule has 124 valence electrons. The Morgan fingerprint density at radius 3 is 2.33 bits per heavy atom. The lowest BCUT2D eigenvalue weighted by Crippen LogP contribution is -2.48. The first-order valence-electron chi connectivity index (χ1n) is 8.27. The van der Waals surface area contributed by atoms with E-state index in [1.165, 1.54) is 12.8 Å². The Morgan fingerprint density at radius 1 is 1.29 bits per heavy atom. The van der Waals surface area contributed by atoms with E-state index in [1.807, 2.05) is 20.8 Å². The third-order valence-corrected chi connectivity index (χ3v) is 3.97. The molecule has 1 aliphatic heterocycles. The summed E-state index contributed by atoms with van der Waals surface area (Å²) in [6, 6.07) is 0. The van der Waals surface area contributed by atoms with Crippen molar-refractivity contribution in [2.45, 2.75) is 78.4 Å². The predicted molar refractivity (Wildman–Crippen MR) is 85.5 cm³/mol. The summed E-state index contributed by atoms with van der Waals surface area (Å²) in [7, 11) is 0. The van der Waals surface area contributed by atoms with E-state index in [0.29, 0.717) is 19.0 Å². The first-order valence-corrected chi connectivity index (χ1v) is 8.27. The van der Waals surface area contributed by atoms with Crippen LogP contribution in [0.15, 0.2) is 0 Å². The summed E-state index contributed by atoms with van der Waals surface area (Å²) >= 11 is 0. The van der Waals surface area contributed by atoms with Crippen molar-refractivity contribution in [2.75, 3.05) is 19.7 Å². The third kappa shape index (κ3) is 6.68. The van der Waals surface area contributed by atoms with Gasteiger partial charge in [0.05, 0.1) is 5.60 Å². The second-order valence-electron chi connectivity index (χ2n) is 7.62. The minimum Gasteiger partial charge on any atom is -0.444 e. The van der Waals surface area contributed by atoms with E-state index in [2.05, 4.69) is 20.8 Å². The van der Waals surface area contributed by atoms with Crippen LogP contribution in [0.3, 0.4) is 0 Å². The average molecular weight is 299 g/mol. The zero-order valence-corrected chi connectivity index (χ0v) is 14.7. The fraction of sp³-hybridized carbons (Fsp3) is 0.941. The monoisotopic (exact) mass is 299 g/mol. The maximum Gasteiger partial charge on any atom is 0.410 e. The molecule has 0 bridgehead atoms. The Hall–Kier alpha value is -0.770. The number of amides is 1. The highest BCUT2D eigenvalue weighted by Crippen LogP contribution is 2.27. The molecule has 0 aromatic rings. The highest BCUT2D eigenvalue weighted by molar-refractivity contribution is 5.68. The lowest BCUT2D eigenvalue weighted by molar-refractivity contribution is -0.0829. The maximum absolute atomic E-state index is 12.0. The summed E-state index contributed by atoms with van der Waals surface area (Å²) in [6.07, 6.45) is 3.97. The molecular weight excluding hydrogens is 266 g/mol. The molecule has 1 heterocycles. The summed E-state index contributed by atoms with van der Waals surface area (Å²) in [5.41, 5.74) is -0.523. The van der Waals surface area contributed by atoms with Crippen molar-refractivity contribution < 1.29 is 14.3 Å². The van der Waals surface area contributed by atoms with Crippen molar-refractivity contribution in [3.05, 3.63) is 0 Å². The topological polar surface area (TPSA) is 38.8 Å². The average Bonchev–Trinajstić information content (AvgIpc) is 2.36. The van der Waals surface area contributed by atoms with Crippen LogP contribution in [0.5, 0.6) is 0 Å². The van der Waals surface area contributed by atoms with E-state index in [-0.39, 0.29) is 11.7 Å². The third-order valence-electron chi connectivity index (χ3n) is 3.97. The van der Waals surface area contributed by atoms with Gasteiger partial charge in [0.25, 0.3) is 0 Å². The number of piperidine rings is 1. The molecule has 0 aromatic heterocycles. The van der Waals surface area contributed by atoms with Crippen molar-refractivity contribution in [1.82, 2.24) is 4.90 Å². The summed E-state index contributed by atoms with van der Waals surface area (Å²) in [5, 5.41) is 0. The van der Waals surface area contributed by atoms with Gasteiger partial charge < -0.3 is 14.4 Å². The van der Waals surface area contributed by atoms with Crippen LogP contribution in [0, 0.1) is 5.92 Å². The first-order chi connectivity index (χ1) is 9.65. The number of hydrogen-bond acceptors (Lipinski definition) is 3. The quantitative estimate of drug-likeness (QED) is 0.762. The minimum absolute atomic E-state index is 0.0967. The second-order valence-corrected chi connectivity index (χ2v) is 7.62. The molecule has 1 rings (SSSR count). The largest absolute Gasteiger partial charge is 0.444 e. The molecule has 1 amide bonds. The number of ether oxygens (including phenoxy) is 2. The molecule has 0 N–H and O–H groups in total. The molecular formula is C17H33NO3. The van der Waals surface area contributed by atoms with Crippen LogP contribution in [0.4, 0.5) is 4.79 Å². The lowest BCUT2D eigenvalue weighted by Gasteiger charge is -2.40. The van der Waals surface area contributed by atoms with Crippen LogP contribution in [0.2, 0.25) is 0 Å². The van der Waals surface area contributed by atoms with Crippen LogP contribution >= 0.6 is 0 Å². The van der Waals surface area contributed by atoms with Crippen molar-refractivity contribution >= 4 is 6.09 Å². The van der Waals surface area contributed by atoms with Gasteiger partial charge in [0.15, 0.2) is 0 Å². The lowest BCUT2D eigenvalue weighted by atomic mass is 9.93. The smallest absolute Gasteiger partial charge is 0.410 e. The molecule has 1 atom stereocenters. The van der Waals surface area contributed by atoms with Crippen LogP contribution in [-0.2, 0) is 9.47 Å². The normalized spacial score (nSPS) is 20.2. The van der Waals surface area contributed by atoms with Gasteiger partial charge in [-0.15, -0.1) is 0 Å². The van der Waals surface area contributed by atoms with Crippen molar-refractivity contribution in [3.8, 4) is 0 Å². The predicted octanol–water partition coefficient (Wildman–Crippen LogP) is 4.23. The van der Waals surface area contributed by atoms with Gasteiger partial charge in [-0.3, -0.25) is 0 Å². The van der Waals surface area contributed by atoms with Gasteiger partial charge in [-0.2, -0.15) is 0 Å². The van der Waals surface area contributed by atoms with Crippen LogP contribution in [-0.4, -0.2) is 41.9 Å². The molecule has 1 saturated heterocycles. The number of carbonyl (C=O) groups excluding carboxylic acids is 1. The van der Waals surface area contributed by atoms with Crippen molar-refractivity contribution in [3.63, 3.8) is 0 Å². The zero-order chi connectivity index (χ0) is 16.1. The fourth-order valence-corrected chi connectivity index (χ4v) is 2.55. The SMILES string of the molecule is CCCC(C)COC1(C)CCN(C(=O)OC(C)(C)C)CC1. The summed E-state index contributed by atoms with van der Waals surface area (Å²) in [5.74, 6) is 0.607. The summed E-state index contributed by atoms with van der Waals surface area (Å²) in [4.78, 5) is 13.8. The number of hydrogen-bond donors (Lipinski definition) is 0. The van der Waals surface area contributed by atoms with Gasteiger partial charge in [-0.25, -0.2) is 4.79 Å². The molecule has 0 saturated carbocycles. The first kappa shape index (κ1) is 18.3. The molecule has 0 radical (unpaired) electrons. The maximum atomic E-state index is 12.0. The van der Waals surface area contributed by atoms with Crippen LogP contribution in [0.25, 0.3) is 0 Å². The molecule has 21 heavy (non-hydrogen) atoms. The van der Waals surface area contributed by atoms with Crippen LogP contribution in [0.1, 0.15) is 67.2 Å². The molecule has 1 aliphatic rings. The Morgan fingerprint density at radius 2 is 1.86 bits per heavy atom. The zero-order valence-electron chi connectivity index (χ0n) is 14.7. The Bertz CT molecular complexity index is 327. The molecule has 4 heteroatoms. The standard InChI is InChI=1S/C17H33NO3/c1-7-8-14(2)13-20-17(6)9-11-18(12-10-17)15(19)21-16(3,4)5/h14H,7-13H2,1-6H3. The van der Waals surface area contributed by atoms with Gasteiger partial charge in [0.2, 0.25) is 0 Å². The number of likely N-dealkylation sites (tertiary alicyclic amines) is 1. The highest BCUT2D eigenvalue weighted by Gasteiger charge is 2.34. The number of nitrogens with zero attached hydrogens (tertiary/aromatic N) is 1. The summed E-state index contributed by atoms with van der Waals surface area (Å²) < 4.78 is 11.6. The van der Waals surface area contributed by atoms with E-state index in [1.54, 1.807) is 4.90 Å². The van der Waals surface area contributed by atoms with E-state index >= 15 is 0 Å². The Balaban J connectivity index is 2.38. The number of rotatable bonds is 5. The molecule has 0 aromatic carbocycles. The van der Waals surface area contributed by atoms with Crippen molar-refractivity contribution in [1.29, 1.82) is 0 Å². The Kier molecular flexibility index (Phi) is 6.51. The molecule has 1 unspecified atom stereocenters. The van der Waals surface area contributed by atoms with Gasteiger partial charge in [0.1, 0.15) is 5.60 Å². The van der Waals surface area contributed by atoms with E-state index in [0.717, 1.165) is 19.4 Å². The second kappa shape index (κ2) is 7.48. The Labute approximate surface area is 130 Å². The van der Waals surface area contributed by atoms with Crippen LogP contribution < -0.4 is 0 Å². The van der Waals surface area contributed by atoms with E-state index in [9.17, 15) is 4.79 Å². The fourth-order valence-electron chi connectivity index (χ4n) is 2.55. The van der Waals surface area contributed by atoms with Gasteiger partial charge in [0, 0.05) is 19.7 Å². The van der Waals surface area contributed by atoms with Gasteiger partial charge in [-0.05, 0) is 52.9 Å². The van der Waals surface area contributed by atoms with Crippen molar-refractivity contribution in [2.24, 2.45) is 5.92 Å². The number of carbonyl (C=O) groups is 1. The van der Waals surface area contributed by atoms with E-state index in [4.69, 9.17) is 9.47 Å². The summed E-state index contributed by atoms with van der Waals surface area (Å²) in [6.45, 7) is 14.6.